The lowest BCUT2D eigenvalue weighted by Crippen LogP contribution is -2.40. The summed E-state index contributed by atoms with van der Waals surface area (Å²) in [6.07, 6.45) is 8.81. The normalized spacial score (nSPS) is 19.2. The van der Waals surface area contributed by atoms with Crippen LogP contribution in [0.25, 0.3) is 0 Å². The second-order valence-electron chi connectivity index (χ2n) is 4.10. The molecule has 0 fully saturated rings. The van der Waals surface area contributed by atoms with Gasteiger partial charge < -0.3 is 10.5 Å². The quantitative estimate of drug-likeness (QED) is 0.760. The lowest BCUT2D eigenvalue weighted by molar-refractivity contribution is 0.209. The predicted molar refractivity (Wildman–Crippen MR) is 65.6 cm³/mol. The minimum Gasteiger partial charge on any atom is -0.463 e. The molecular weight excluding hydrogens is 216 g/mol. The monoisotopic (exact) mass is 232 g/mol. The highest BCUT2D eigenvalue weighted by Crippen LogP contribution is 2.36. The predicted octanol–water partition coefficient (Wildman–Crippen LogP) is 2.42. The summed E-state index contributed by atoms with van der Waals surface area (Å²) in [5.41, 5.74) is 7.39. The lowest BCUT2D eigenvalue weighted by Gasteiger charge is -2.27. The molecule has 90 valence electrons. The average Bonchev–Trinajstić information content (AvgIpc) is 2.73. The van der Waals surface area contributed by atoms with Gasteiger partial charge in [0.25, 0.3) is 0 Å². The van der Waals surface area contributed by atoms with Gasteiger partial charge in [0.1, 0.15) is 5.76 Å². The minimum absolute atomic E-state index is 0.135. The van der Waals surface area contributed by atoms with E-state index in [1.165, 1.54) is 0 Å². The van der Waals surface area contributed by atoms with Gasteiger partial charge in [0.15, 0.2) is 0 Å². The molecule has 0 aromatic heterocycles. The fourth-order valence-electron chi connectivity index (χ4n) is 2.15. The number of urea groups is 1. The van der Waals surface area contributed by atoms with E-state index >= 15 is 0 Å². The molecule has 0 aromatic rings. The second kappa shape index (κ2) is 4.49. The number of rotatable bonds is 3. The first kappa shape index (κ1) is 11.5. The second-order valence-corrected chi connectivity index (χ2v) is 4.10. The highest BCUT2D eigenvalue weighted by Gasteiger charge is 2.30. The molecule has 1 aliphatic heterocycles. The number of amides is 2. The third-order valence-corrected chi connectivity index (χ3v) is 3.02. The van der Waals surface area contributed by atoms with Gasteiger partial charge in [-0.1, -0.05) is 12.2 Å². The van der Waals surface area contributed by atoms with Gasteiger partial charge in [-0.3, -0.25) is 4.90 Å². The van der Waals surface area contributed by atoms with Gasteiger partial charge in [0.05, 0.1) is 18.0 Å². The fraction of sp³-hybridized carbons (Fsp3) is 0.308. The van der Waals surface area contributed by atoms with E-state index in [1.807, 2.05) is 19.1 Å². The van der Waals surface area contributed by atoms with E-state index in [0.717, 1.165) is 29.9 Å². The Hall–Kier alpha value is -1.97. The van der Waals surface area contributed by atoms with Crippen LogP contribution in [0.2, 0.25) is 0 Å². The minimum atomic E-state index is -0.473. The first-order chi connectivity index (χ1) is 8.15. The molecule has 2 amide bonds. The SMILES string of the molecule is C=CC(C)N(C(N)=O)C1=C2OC=CC=C2CC1. The van der Waals surface area contributed by atoms with E-state index in [4.69, 9.17) is 10.5 Å². The average molecular weight is 232 g/mol. The van der Waals surface area contributed by atoms with E-state index in [1.54, 1.807) is 17.2 Å². The van der Waals surface area contributed by atoms with E-state index in [0.29, 0.717) is 0 Å². The molecule has 2 aliphatic rings. The van der Waals surface area contributed by atoms with Gasteiger partial charge >= 0.3 is 6.03 Å². The van der Waals surface area contributed by atoms with Crippen LogP contribution in [-0.4, -0.2) is 17.0 Å². The summed E-state index contributed by atoms with van der Waals surface area (Å²) in [6, 6.07) is -0.608. The van der Waals surface area contributed by atoms with Crippen molar-refractivity contribution in [2.24, 2.45) is 5.73 Å². The van der Waals surface area contributed by atoms with Crippen molar-refractivity contribution in [1.29, 1.82) is 0 Å². The summed E-state index contributed by atoms with van der Waals surface area (Å²) in [5, 5.41) is 0. The molecule has 0 aromatic carbocycles. The van der Waals surface area contributed by atoms with E-state index in [-0.39, 0.29) is 6.04 Å². The van der Waals surface area contributed by atoms with Crippen molar-refractivity contribution in [2.45, 2.75) is 25.8 Å². The van der Waals surface area contributed by atoms with Crippen LogP contribution in [-0.2, 0) is 4.74 Å². The first-order valence-corrected chi connectivity index (χ1v) is 5.62. The van der Waals surface area contributed by atoms with Gasteiger partial charge in [-0.15, -0.1) is 6.58 Å². The Bertz CT molecular complexity index is 446. The molecule has 0 saturated heterocycles. The third kappa shape index (κ3) is 1.98. The van der Waals surface area contributed by atoms with Crippen molar-refractivity contribution in [3.63, 3.8) is 0 Å². The number of carbonyl (C=O) groups excluding carboxylic acids is 1. The summed E-state index contributed by atoms with van der Waals surface area (Å²) in [6.45, 7) is 5.58. The number of ether oxygens (including phenoxy) is 1. The molecule has 2 N–H and O–H groups in total. The van der Waals surface area contributed by atoms with Crippen LogP contribution >= 0.6 is 0 Å². The summed E-state index contributed by atoms with van der Waals surface area (Å²) in [7, 11) is 0. The summed E-state index contributed by atoms with van der Waals surface area (Å²) in [5.74, 6) is 0.764. The number of allylic oxidation sites excluding steroid dienone is 4. The van der Waals surface area contributed by atoms with E-state index in [2.05, 4.69) is 6.58 Å². The third-order valence-electron chi connectivity index (χ3n) is 3.02. The maximum absolute atomic E-state index is 11.5. The summed E-state index contributed by atoms with van der Waals surface area (Å²) >= 11 is 0. The van der Waals surface area contributed by atoms with Crippen LogP contribution in [0.5, 0.6) is 0 Å². The van der Waals surface area contributed by atoms with Crippen molar-refractivity contribution >= 4 is 6.03 Å². The Kier molecular flexibility index (Phi) is 3.04. The maximum atomic E-state index is 11.5. The number of primary amides is 1. The number of nitrogens with two attached hydrogens (primary N) is 1. The molecule has 0 radical (unpaired) electrons. The molecular formula is C13H16N2O2. The summed E-state index contributed by atoms with van der Waals surface area (Å²) in [4.78, 5) is 13.1. The van der Waals surface area contributed by atoms with Crippen LogP contribution < -0.4 is 5.73 Å². The molecule has 4 heteroatoms. The van der Waals surface area contributed by atoms with Gasteiger partial charge in [0.2, 0.25) is 0 Å². The van der Waals surface area contributed by atoms with Gasteiger partial charge in [0, 0.05) is 0 Å². The Balaban J connectivity index is 2.38. The highest BCUT2D eigenvalue weighted by atomic mass is 16.5. The van der Waals surface area contributed by atoms with E-state index in [9.17, 15) is 4.79 Å². The molecule has 0 spiro atoms. The smallest absolute Gasteiger partial charge is 0.319 e. The van der Waals surface area contributed by atoms with Crippen molar-refractivity contribution in [3.05, 3.63) is 48.1 Å². The summed E-state index contributed by atoms with van der Waals surface area (Å²) < 4.78 is 5.49. The van der Waals surface area contributed by atoms with Crippen molar-refractivity contribution in [2.75, 3.05) is 0 Å². The van der Waals surface area contributed by atoms with Gasteiger partial charge in [-0.05, 0) is 31.4 Å². The number of hydrogen-bond donors (Lipinski definition) is 1. The maximum Gasteiger partial charge on any atom is 0.319 e. The molecule has 17 heavy (non-hydrogen) atoms. The molecule has 4 nitrogen and oxygen atoms in total. The Labute approximate surface area is 101 Å². The van der Waals surface area contributed by atoms with Crippen molar-refractivity contribution in [3.8, 4) is 0 Å². The number of hydrogen-bond acceptors (Lipinski definition) is 2. The topological polar surface area (TPSA) is 55.6 Å². The van der Waals surface area contributed by atoms with Crippen LogP contribution in [0.4, 0.5) is 4.79 Å². The molecule has 0 bridgehead atoms. The molecule has 0 saturated carbocycles. The molecule has 2 rings (SSSR count). The fourth-order valence-corrected chi connectivity index (χ4v) is 2.15. The molecule has 1 unspecified atom stereocenters. The highest BCUT2D eigenvalue weighted by molar-refractivity contribution is 5.75. The first-order valence-electron chi connectivity index (χ1n) is 5.62. The number of nitrogens with zero attached hydrogens (tertiary/aromatic N) is 1. The van der Waals surface area contributed by atoms with Gasteiger partial charge in [-0.2, -0.15) is 0 Å². The number of carbonyl (C=O) groups is 1. The Morgan fingerprint density at radius 2 is 2.41 bits per heavy atom. The Morgan fingerprint density at radius 3 is 3.06 bits per heavy atom. The molecule has 1 aliphatic carbocycles. The van der Waals surface area contributed by atoms with Crippen LogP contribution in [0.3, 0.4) is 0 Å². The lowest BCUT2D eigenvalue weighted by atomic mass is 10.2. The zero-order chi connectivity index (χ0) is 12.4. The van der Waals surface area contributed by atoms with Crippen LogP contribution in [0.15, 0.2) is 48.1 Å². The largest absolute Gasteiger partial charge is 0.463 e. The zero-order valence-corrected chi connectivity index (χ0v) is 9.85. The van der Waals surface area contributed by atoms with Crippen LogP contribution in [0, 0.1) is 0 Å². The van der Waals surface area contributed by atoms with E-state index < -0.39 is 6.03 Å². The molecule has 1 atom stereocenters. The number of fused-ring (bicyclic) bond motifs is 1. The van der Waals surface area contributed by atoms with Gasteiger partial charge in [-0.25, -0.2) is 4.79 Å². The van der Waals surface area contributed by atoms with Crippen molar-refractivity contribution in [1.82, 2.24) is 4.90 Å². The standard InChI is InChI=1S/C13H16N2O2/c1-3-9(2)15(13(14)16)11-7-6-10-5-4-8-17-12(10)11/h3-5,8-9H,1,6-7H2,2H3,(H2,14,16). The zero-order valence-electron chi connectivity index (χ0n) is 9.85. The van der Waals surface area contributed by atoms with Crippen LogP contribution in [0.1, 0.15) is 19.8 Å². The molecule has 1 heterocycles. The van der Waals surface area contributed by atoms with Crippen molar-refractivity contribution < 1.29 is 9.53 Å². The Morgan fingerprint density at radius 1 is 1.65 bits per heavy atom.